The standard InChI is InChI=1S/C25H35N3O5S/c1-7-28(8-2)34(31,32)20-13-14-22(33-19-11-9-18(3)10-12-19)21(17-20)27-23(29)15-16-26-24(30)25(4,5)6/h9-14,17H,7-8,15-16H2,1-6H3,(H,26,30)(H,27,29). The monoisotopic (exact) mass is 489 g/mol. The second-order valence-corrected chi connectivity index (χ2v) is 10.9. The molecule has 2 amide bonds. The zero-order chi connectivity index (χ0) is 25.5. The summed E-state index contributed by atoms with van der Waals surface area (Å²) in [5.74, 6) is 0.337. The van der Waals surface area contributed by atoms with Crippen molar-refractivity contribution in [3.8, 4) is 11.5 Å². The van der Waals surface area contributed by atoms with Crippen LogP contribution in [0, 0.1) is 12.3 Å². The topological polar surface area (TPSA) is 105 Å². The molecule has 0 saturated heterocycles. The summed E-state index contributed by atoms with van der Waals surface area (Å²) in [5, 5.41) is 5.48. The van der Waals surface area contributed by atoms with Gasteiger partial charge in [0.05, 0.1) is 10.6 Å². The Kier molecular flexibility index (Phi) is 9.23. The van der Waals surface area contributed by atoms with Gasteiger partial charge in [0.1, 0.15) is 5.75 Å². The number of carbonyl (C=O) groups excluding carboxylic acids is 2. The van der Waals surface area contributed by atoms with Crippen LogP contribution in [-0.4, -0.2) is 44.2 Å². The van der Waals surface area contributed by atoms with E-state index in [1.807, 2.05) is 19.1 Å². The third-order valence-corrected chi connectivity index (χ3v) is 7.18. The van der Waals surface area contributed by atoms with Crippen molar-refractivity contribution < 1.29 is 22.7 Å². The summed E-state index contributed by atoms with van der Waals surface area (Å²) in [7, 11) is -3.73. The fourth-order valence-corrected chi connectivity index (χ4v) is 4.55. The number of amides is 2. The number of anilines is 1. The van der Waals surface area contributed by atoms with Gasteiger partial charge in [-0.25, -0.2) is 8.42 Å². The first-order chi connectivity index (χ1) is 15.9. The maximum atomic E-state index is 13.0. The van der Waals surface area contributed by atoms with E-state index in [2.05, 4.69) is 10.6 Å². The highest BCUT2D eigenvalue weighted by atomic mass is 32.2. The minimum absolute atomic E-state index is 0.0266. The molecule has 2 aromatic carbocycles. The van der Waals surface area contributed by atoms with Crippen molar-refractivity contribution in [2.45, 2.75) is 52.9 Å². The van der Waals surface area contributed by atoms with E-state index in [0.29, 0.717) is 24.6 Å². The Morgan fingerprint density at radius 1 is 1.00 bits per heavy atom. The Bertz CT molecular complexity index is 1100. The molecule has 34 heavy (non-hydrogen) atoms. The average Bonchev–Trinajstić information content (AvgIpc) is 2.76. The SMILES string of the molecule is CCN(CC)S(=O)(=O)c1ccc(Oc2ccc(C)cc2)c(NC(=O)CCNC(=O)C(C)(C)C)c1. The summed E-state index contributed by atoms with van der Waals surface area (Å²) in [5.41, 5.74) is 0.748. The molecule has 0 fully saturated rings. The molecule has 0 aromatic heterocycles. The molecule has 0 atom stereocenters. The van der Waals surface area contributed by atoms with Crippen LogP contribution < -0.4 is 15.4 Å². The number of hydrogen-bond acceptors (Lipinski definition) is 5. The van der Waals surface area contributed by atoms with Gasteiger partial charge in [0.25, 0.3) is 0 Å². The lowest BCUT2D eigenvalue weighted by molar-refractivity contribution is -0.128. The smallest absolute Gasteiger partial charge is 0.243 e. The second-order valence-electron chi connectivity index (χ2n) is 8.97. The molecule has 0 unspecified atom stereocenters. The number of rotatable bonds is 10. The van der Waals surface area contributed by atoms with Crippen LogP contribution >= 0.6 is 0 Å². The van der Waals surface area contributed by atoms with Gasteiger partial charge in [-0.05, 0) is 37.3 Å². The maximum Gasteiger partial charge on any atom is 0.243 e. The zero-order valence-corrected chi connectivity index (χ0v) is 21.6. The number of hydrogen-bond donors (Lipinski definition) is 2. The molecule has 0 aliphatic rings. The molecule has 2 aromatic rings. The van der Waals surface area contributed by atoms with E-state index in [9.17, 15) is 18.0 Å². The highest BCUT2D eigenvalue weighted by molar-refractivity contribution is 7.89. The number of nitrogens with zero attached hydrogens (tertiary/aromatic N) is 1. The highest BCUT2D eigenvalue weighted by Crippen LogP contribution is 2.33. The molecule has 0 radical (unpaired) electrons. The third kappa shape index (κ3) is 7.30. The average molecular weight is 490 g/mol. The van der Waals surface area contributed by atoms with Gasteiger partial charge in [-0.2, -0.15) is 4.31 Å². The molecule has 0 aliphatic carbocycles. The van der Waals surface area contributed by atoms with Crippen molar-refractivity contribution in [1.29, 1.82) is 0 Å². The van der Waals surface area contributed by atoms with Crippen molar-refractivity contribution in [2.75, 3.05) is 25.0 Å². The summed E-state index contributed by atoms with van der Waals surface area (Å²) < 4.78 is 33.3. The minimum Gasteiger partial charge on any atom is -0.455 e. The first-order valence-electron chi connectivity index (χ1n) is 11.3. The van der Waals surface area contributed by atoms with Crippen molar-refractivity contribution in [1.82, 2.24) is 9.62 Å². The van der Waals surface area contributed by atoms with Crippen LogP contribution in [-0.2, 0) is 19.6 Å². The van der Waals surface area contributed by atoms with Crippen molar-refractivity contribution in [2.24, 2.45) is 5.41 Å². The minimum atomic E-state index is -3.73. The van der Waals surface area contributed by atoms with Gasteiger partial charge < -0.3 is 15.4 Å². The fraction of sp³-hybridized carbons (Fsp3) is 0.440. The Balaban J connectivity index is 2.29. The number of ether oxygens (including phenoxy) is 1. The number of sulfonamides is 1. The summed E-state index contributed by atoms with van der Waals surface area (Å²) >= 11 is 0. The predicted molar refractivity (Wildman–Crippen MR) is 134 cm³/mol. The molecule has 2 rings (SSSR count). The molecular formula is C25H35N3O5S. The van der Waals surface area contributed by atoms with E-state index < -0.39 is 15.4 Å². The molecule has 0 aliphatic heterocycles. The van der Waals surface area contributed by atoms with Crippen LogP contribution in [0.15, 0.2) is 47.4 Å². The van der Waals surface area contributed by atoms with Gasteiger partial charge in [0, 0.05) is 31.5 Å². The Labute approximate surface area is 202 Å². The van der Waals surface area contributed by atoms with E-state index in [0.717, 1.165) is 5.56 Å². The van der Waals surface area contributed by atoms with E-state index >= 15 is 0 Å². The summed E-state index contributed by atoms with van der Waals surface area (Å²) in [4.78, 5) is 24.7. The quantitative estimate of drug-likeness (QED) is 0.517. The summed E-state index contributed by atoms with van der Waals surface area (Å²) in [6.45, 7) is 11.7. The molecule has 2 N–H and O–H groups in total. The third-order valence-electron chi connectivity index (χ3n) is 5.14. The Morgan fingerprint density at radius 2 is 1.62 bits per heavy atom. The molecule has 8 nitrogen and oxygen atoms in total. The molecule has 0 saturated carbocycles. The number of benzene rings is 2. The molecule has 9 heteroatoms. The van der Waals surface area contributed by atoms with Crippen LogP contribution in [0.25, 0.3) is 0 Å². The lowest BCUT2D eigenvalue weighted by Crippen LogP contribution is -2.36. The predicted octanol–water partition coefficient (Wildman–Crippen LogP) is 4.31. The number of nitrogens with one attached hydrogen (secondary N) is 2. The van der Waals surface area contributed by atoms with Gasteiger partial charge in [0.2, 0.25) is 21.8 Å². The van der Waals surface area contributed by atoms with E-state index in [4.69, 9.17) is 4.74 Å². The highest BCUT2D eigenvalue weighted by Gasteiger charge is 2.24. The van der Waals surface area contributed by atoms with Gasteiger partial charge in [-0.3, -0.25) is 9.59 Å². The summed E-state index contributed by atoms with van der Waals surface area (Å²) in [6.07, 6.45) is 0.0266. The zero-order valence-electron chi connectivity index (χ0n) is 20.8. The normalized spacial score (nSPS) is 11.9. The molecule has 0 bridgehead atoms. The lowest BCUT2D eigenvalue weighted by atomic mass is 9.96. The molecule has 0 heterocycles. The van der Waals surface area contributed by atoms with Crippen molar-refractivity contribution in [3.63, 3.8) is 0 Å². The molecule has 186 valence electrons. The largest absolute Gasteiger partial charge is 0.455 e. The van der Waals surface area contributed by atoms with Crippen molar-refractivity contribution in [3.05, 3.63) is 48.0 Å². The summed E-state index contributed by atoms with van der Waals surface area (Å²) in [6, 6.07) is 11.8. The van der Waals surface area contributed by atoms with Crippen LogP contribution in [0.1, 0.15) is 46.6 Å². The maximum absolute atomic E-state index is 13.0. The molecular weight excluding hydrogens is 454 g/mol. The Hall–Kier alpha value is -2.91. The van der Waals surface area contributed by atoms with Crippen LogP contribution in [0.4, 0.5) is 5.69 Å². The van der Waals surface area contributed by atoms with Gasteiger partial charge in [0.15, 0.2) is 5.75 Å². The fourth-order valence-electron chi connectivity index (χ4n) is 3.07. The van der Waals surface area contributed by atoms with Gasteiger partial charge >= 0.3 is 0 Å². The van der Waals surface area contributed by atoms with Gasteiger partial charge in [-0.15, -0.1) is 0 Å². The van der Waals surface area contributed by atoms with E-state index in [-0.39, 0.29) is 35.4 Å². The Morgan fingerprint density at radius 3 is 2.18 bits per heavy atom. The van der Waals surface area contributed by atoms with Crippen LogP contribution in [0.2, 0.25) is 0 Å². The van der Waals surface area contributed by atoms with Crippen LogP contribution in [0.3, 0.4) is 0 Å². The van der Waals surface area contributed by atoms with E-state index in [1.54, 1.807) is 46.8 Å². The lowest BCUT2D eigenvalue weighted by Gasteiger charge is -2.20. The first-order valence-corrected chi connectivity index (χ1v) is 12.8. The molecule has 0 spiro atoms. The first kappa shape index (κ1) is 27.3. The number of carbonyl (C=O) groups is 2. The van der Waals surface area contributed by atoms with Gasteiger partial charge in [-0.1, -0.05) is 52.3 Å². The van der Waals surface area contributed by atoms with E-state index in [1.165, 1.54) is 22.5 Å². The van der Waals surface area contributed by atoms with Crippen LogP contribution in [0.5, 0.6) is 11.5 Å². The number of aryl methyl sites for hydroxylation is 1. The van der Waals surface area contributed by atoms with Crippen molar-refractivity contribution >= 4 is 27.5 Å². The second kappa shape index (κ2) is 11.5.